The predicted octanol–water partition coefficient (Wildman–Crippen LogP) is 1.18. The summed E-state index contributed by atoms with van der Waals surface area (Å²) in [7, 11) is 0. The summed E-state index contributed by atoms with van der Waals surface area (Å²) in [6.07, 6.45) is -3.39. The molecule has 0 aliphatic rings. The van der Waals surface area contributed by atoms with Crippen LogP contribution in [0.5, 0.6) is 0 Å². The summed E-state index contributed by atoms with van der Waals surface area (Å²) in [6.45, 7) is 1.90. The lowest BCUT2D eigenvalue weighted by Crippen LogP contribution is -2.53. The smallest absolute Gasteiger partial charge is 0.345 e. The van der Waals surface area contributed by atoms with Crippen LogP contribution in [0.4, 0.5) is 13.2 Å². The molecule has 0 aliphatic carbocycles. The second-order valence-electron chi connectivity index (χ2n) is 3.47. The number of carbonyl (C=O) groups excluding carboxylic acids is 1. The highest BCUT2D eigenvalue weighted by molar-refractivity contribution is 5.85. The molecule has 0 saturated carbocycles. The molecule has 0 aliphatic heterocycles. The molecule has 0 aromatic rings. The lowest BCUT2D eigenvalue weighted by Gasteiger charge is -2.23. The van der Waals surface area contributed by atoms with Gasteiger partial charge in [0.25, 0.3) is 0 Å². The Balaban J connectivity index is 4.08. The Labute approximate surface area is 80.8 Å². The van der Waals surface area contributed by atoms with Crippen LogP contribution < -0.4 is 11.1 Å². The molecule has 0 aromatic heterocycles. The van der Waals surface area contributed by atoms with Crippen molar-refractivity contribution in [3.8, 4) is 0 Å². The van der Waals surface area contributed by atoms with Crippen molar-refractivity contribution >= 4 is 5.91 Å². The molecule has 14 heavy (non-hydrogen) atoms. The molecule has 0 bridgehead atoms. The van der Waals surface area contributed by atoms with Gasteiger partial charge in [0.15, 0.2) is 0 Å². The van der Waals surface area contributed by atoms with Crippen LogP contribution in [0.1, 0.15) is 26.7 Å². The molecule has 0 aromatic carbocycles. The van der Waals surface area contributed by atoms with Gasteiger partial charge in [-0.05, 0) is 13.3 Å². The van der Waals surface area contributed by atoms with Crippen molar-refractivity contribution in [3.05, 3.63) is 0 Å². The first kappa shape index (κ1) is 13.2. The summed E-state index contributed by atoms with van der Waals surface area (Å²) >= 11 is 0. The molecule has 0 radical (unpaired) electrons. The first-order valence-corrected chi connectivity index (χ1v) is 4.33. The standard InChI is InChI=1S/C8H15F3N2O/c1-3-4-7(2,12)6(14)13-5-8(9,10)11/h3-5,12H2,1-2H3,(H,13,14). The maximum atomic E-state index is 11.7. The van der Waals surface area contributed by atoms with Crippen molar-refractivity contribution in [3.63, 3.8) is 0 Å². The topological polar surface area (TPSA) is 55.1 Å². The summed E-state index contributed by atoms with van der Waals surface area (Å²) in [5.74, 6) is -0.767. The number of halogens is 3. The number of alkyl halides is 3. The number of hydrogen-bond acceptors (Lipinski definition) is 2. The first-order chi connectivity index (χ1) is 6.19. The molecule has 0 rings (SSSR count). The molecular formula is C8H15F3N2O. The SMILES string of the molecule is CCCC(C)(N)C(=O)NCC(F)(F)F. The molecule has 1 atom stereocenters. The predicted molar refractivity (Wildman–Crippen MR) is 46.6 cm³/mol. The number of nitrogens with one attached hydrogen (secondary N) is 1. The quantitative estimate of drug-likeness (QED) is 0.735. The van der Waals surface area contributed by atoms with Crippen LogP contribution in [-0.4, -0.2) is 24.2 Å². The largest absolute Gasteiger partial charge is 0.405 e. The second-order valence-corrected chi connectivity index (χ2v) is 3.47. The van der Waals surface area contributed by atoms with E-state index >= 15 is 0 Å². The van der Waals surface area contributed by atoms with Crippen LogP contribution in [0.25, 0.3) is 0 Å². The minimum atomic E-state index is -4.39. The summed E-state index contributed by atoms with van der Waals surface area (Å²) in [5, 5.41) is 1.76. The molecule has 0 heterocycles. The van der Waals surface area contributed by atoms with Crippen molar-refractivity contribution in [1.82, 2.24) is 5.32 Å². The van der Waals surface area contributed by atoms with Gasteiger partial charge in [-0.1, -0.05) is 13.3 Å². The number of amides is 1. The maximum absolute atomic E-state index is 11.7. The van der Waals surface area contributed by atoms with E-state index < -0.39 is 24.2 Å². The zero-order chi connectivity index (χ0) is 11.4. The molecule has 84 valence electrons. The molecule has 1 amide bonds. The number of carbonyl (C=O) groups is 1. The van der Waals surface area contributed by atoms with E-state index in [0.717, 1.165) is 0 Å². The highest BCUT2D eigenvalue weighted by Crippen LogP contribution is 2.14. The molecule has 0 saturated heterocycles. The van der Waals surface area contributed by atoms with Crippen molar-refractivity contribution in [1.29, 1.82) is 0 Å². The summed E-state index contributed by atoms with van der Waals surface area (Å²) < 4.78 is 35.2. The molecule has 3 N–H and O–H groups in total. The zero-order valence-electron chi connectivity index (χ0n) is 8.24. The number of rotatable bonds is 4. The van der Waals surface area contributed by atoms with E-state index in [-0.39, 0.29) is 0 Å². The average Bonchev–Trinajstić information content (AvgIpc) is 1.98. The Morgan fingerprint density at radius 3 is 2.29 bits per heavy atom. The third-order valence-corrected chi connectivity index (χ3v) is 1.74. The van der Waals surface area contributed by atoms with E-state index in [0.29, 0.717) is 12.8 Å². The van der Waals surface area contributed by atoms with Crippen LogP contribution in [0, 0.1) is 0 Å². The first-order valence-electron chi connectivity index (χ1n) is 4.33. The lowest BCUT2D eigenvalue weighted by molar-refractivity contribution is -0.141. The molecule has 6 heteroatoms. The van der Waals surface area contributed by atoms with Crippen LogP contribution in [0.2, 0.25) is 0 Å². The van der Waals surface area contributed by atoms with E-state index in [9.17, 15) is 18.0 Å². The Bertz CT molecular complexity index is 201. The second kappa shape index (κ2) is 4.63. The molecular weight excluding hydrogens is 197 g/mol. The van der Waals surface area contributed by atoms with Crippen molar-refractivity contribution in [2.75, 3.05) is 6.54 Å². The molecule has 0 fully saturated rings. The third-order valence-electron chi connectivity index (χ3n) is 1.74. The Morgan fingerprint density at radius 2 is 1.93 bits per heavy atom. The molecule has 1 unspecified atom stereocenters. The van der Waals surface area contributed by atoms with Gasteiger partial charge in [-0.25, -0.2) is 0 Å². The van der Waals surface area contributed by atoms with E-state index in [4.69, 9.17) is 5.73 Å². The van der Waals surface area contributed by atoms with Gasteiger partial charge < -0.3 is 11.1 Å². The van der Waals surface area contributed by atoms with Crippen molar-refractivity contribution < 1.29 is 18.0 Å². The van der Waals surface area contributed by atoms with Gasteiger partial charge in [-0.15, -0.1) is 0 Å². The van der Waals surface area contributed by atoms with E-state index in [1.54, 1.807) is 5.32 Å². The zero-order valence-corrected chi connectivity index (χ0v) is 8.24. The third kappa shape index (κ3) is 5.06. The van der Waals surface area contributed by atoms with Gasteiger partial charge in [-0.2, -0.15) is 13.2 Å². The fraction of sp³-hybridized carbons (Fsp3) is 0.875. The fourth-order valence-electron chi connectivity index (χ4n) is 1.02. The van der Waals surface area contributed by atoms with Crippen LogP contribution in [-0.2, 0) is 4.79 Å². The monoisotopic (exact) mass is 212 g/mol. The average molecular weight is 212 g/mol. The number of nitrogens with two attached hydrogens (primary N) is 1. The van der Waals surface area contributed by atoms with E-state index in [1.165, 1.54) is 6.92 Å². The minimum absolute atomic E-state index is 0.358. The minimum Gasteiger partial charge on any atom is -0.345 e. The van der Waals surface area contributed by atoms with Gasteiger partial charge in [0.1, 0.15) is 6.54 Å². The van der Waals surface area contributed by atoms with Crippen LogP contribution >= 0.6 is 0 Å². The van der Waals surface area contributed by atoms with Gasteiger partial charge in [0.2, 0.25) is 5.91 Å². The van der Waals surface area contributed by atoms with E-state index in [1.807, 2.05) is 6.92 Å². The Morgan fingerprint density at radius 1 is 1.43 bits per heavy atom. The normalized spacial score (nSPS) is 16.1. The van der Waals surface area contributed by atoms with Crippen molar-refractivity contribution in [2.24, 2.45) is 5.73 Å². The maximum Gasteiger partial charge on any atom is 0.405 e. The van der Waals surface area contributed by atoms with Crippen LogP contribution in [0.3, 0.4) is 0 Å². The Kier molecular flexibility index (Phi) is 4.38. The van der Waals surface area contributed by atoms with E-state index in [2.05, 4.69) is 0 Å². The fourth-order valence-corrected chi connectivity index (χ4v) is 1.02. The van der Waals surface area contributed by atoms with Gasteiger partial charge in [0, 0.05) is 0 Å². The van der Waals surface area contributed by atoms with Gasteiger partial charge >= 0.3 is 6.18 Å². The number of hydrogen-bond donors (Lipinski definition) is 2. The van der Waals surface area contributed by atoms with Gasteiger partial charge in [0.05, 0.1) is 5.54 Å². The lowest BCUT2D eigenvalue weighted by atomic mass is 9.97. The van der Waals surface area contributed by atoms with Crippen LogP contribution in [0.15, 0.2) is 0 Å². The van der Waals surface area contributed by atoms with Crippen molar-refractivity contribution in [2.45, 2.75) is 38.4 Å². The molecule has 0 spiro atoms. The van der Waals surface area contributed by atoms with Gasteiger partial charge in [-0.3, -0.25) is 4.79 Å². The Hall–Kier alpha value is -0.780. The summed E-state index contributed by atoms with van der Waals surface area (Å²) in [4.78, 5) is 11.2. The highest BCUT2D eigenvalue weighted by atomic mass is 19.4. The highest BCUT2D eigenvalue weighted by Gasteiger charge is 2.32. The summed E-state index contributed by atoms with van der Waals surface area (Å²) in [5.41, 5.74) is 4.30. The summed E-state index contributed by atoms with van der Waals surface area (Å²) in [6, 6.07) is 0. The molecule has 3 nitrogen and oxygen atoms in total.